The number of aromatic nitrogens is 2. The number of nitrogens with one attached hydrogen (secondary N) is 2. The van der Waals surface area contributed by atoms with Crippen molar-refractivity contribution >= 4 is 21.8 Å². The fourth-order valence-electron chi connectivity index (χ4n) is 4.05. The number of aromatic amines is 1. The van der Waals surface area contributed by atoms with Crippen LogP contribution in [0.4, 0.5) is 0 Å². The molecular weight excluding hydrogens is 364 g/mol. The second kappa shape index (κ2) is 8.09. The van der Waals surface area contributed by atoms with Gasteiger partial charge in [-0.05, 0) is 73.8 Å². The molecule has 29 heavy (non-hydrogen) atoms. The molecule has 0 aliphatic rings. The lowest BCUT2D eigenvalue weighted by Crippen LogP contribution is -2.19. The zero-order valence-electron chi connectivity index (χ0n) is 17.2. The van der Waals surface area contributed by atoms with Crippen molar-refractivity contribution in [3.05, 3.63) is 59.4 Å². The maximum absolute atomic E-state index is 5.87. The maximum atomic E-state index is 5.87. The normalized spacial score (nSPS) is 11.3. The van der Waals surface area contributed by atoms with Gasteiger partial charge >= 0.3 is 0 Å². The first kappa shape index (κ1) is 19.2. The molecule has 0 radical (unpaired) electrons. The quantitative estimate of drug-likeness (QED) is 0.427. The van der Waals surface area contributed by atoms with Gasteiger partial charge < -0.3 is 25.6 Å². The standard InChI is InChI=1S/C23H28N4O2/c1-15-19(8-10-24)21-13-18(29-3)5-7-23(21)27(15)26-11-9-16-14-25-22-6-4-17(28-2)12-20(16)22/h4-7,12-14,25-26H,8-11,24H2,1-3H3. The van der Waals surface area contributed by atoms with E-state index in [0.29, 0.717) is 6.54 Å². The summed E-state index contributed by atoms with van der Waals surface area (Å²) in [5.41, 5.74) is 15.5. The Hall–Kier alpha value is -3.12. The zero-order chi connectivity index (χ0) is 20.4. The lowest BCUT2D eigenvalue weighted by atomic mass is 10.1. The van der Waals surface area contributed by atoms with Crippen LogP contribution in [0.3, 0.4) is 0 Å². The molecule has 4 aromatic rings. The number of fused-ring (bicyclic) bond motifs is 2. The third-order valence-electron chi connectivity index (χ3n) is 5.58. The van der Waals surface area contributed by atoms with Gasteiger partial charge in [0.25, 0.3) is 0 Å². The zero-order valence-corrected chi connectivity index (χ0v) is 17.2. The van der Waals surface area contributed by atoms with E-state index in [1.165, 1.54) is 27.6 Å². The van der Waals surface area contributed by atoms with Crippen LogP contribution < -0.4 is 20.6 Å². The molecule has 0 saturated heterocycles. The van der Waals surface area contributed by atoms with Crippen LogP contribution >= 0.6 is 0 Å². The number of benzene rings is 2. The van der Waals surface area contributed by atoms with Crippen LogP contribution in [-0.4, -0.2) is 37.0 Å². The SMILES string of the molecule is COc1ccc2[nH]cc(CCNn3c(C)c(CCN)c4cc(OC)ccc43)c2c1. The van der Waals surface area contributed by atoms with Crippen molar-refractivity contribution in [3.8, 4) is 11.5 Å². The molecule has 0 saturated carbocycles. The van der Waals surface area contributed by atoms with Crippen LogP contribution in [-0.2, 0) is 12.8 Å². The first-order valence-corrected chi connectivity index (χ1v) is 9.92. The van der Waals surface area contributed by atoms with Crippen molar-refractivity contribution in [2.45, 2.75) is 19.8 Å². The van der Waals surface area contributed by atoms with Crippen LogP contribution in [0.25, 0.3) is 21.8 Å². The van der Waals surface area contributed by atoms with Gasteiger partial charge in [-0.1, -0.05) is 0 Å². The van der Waals surface area contributed by atoms with Crippen molar-refractivity contribution in [1.82, 2.24) is 9.66 Å². The minimum Gasteiger partial charge on any atom is -0.497 e. The Balaban J connectivity index is 1.59. The minimum atomic E-state index is 0.619. The van der Waals surface area contributed by atoms with E-state index in [4.69, 9.17) is 15.2 Å². The number of hydrogen-bond acceptors (Lipinski definition) is 4. The maximum Gasteiger partial charge on any atom is 0.119 e. The smallest absolute Gasteiger partial charge is 0.119 e. The van der Waals surface area contributed by atoms with Crippen LogP contribution in [0.5, 0.6) is 11.5 Å². The highest BCUT2D eigenvalue weighted by molar-refractivity contribution is 5.87. The predicted molar refractivity (Wildman–Crippen MR) is 119 cm³/mol. The van der Waals surface area contributed by atoms with E-state index in [0.717, 1.165) is 41.9 Å². The second-order valence-electron chi connectivity index (χ2n) is 7.20. The van der Waals surface area contributed by atoms with Crippen LogP contribution in [0, 0.1) is 6.92 Å². The molecule has 6 heteroatoms. The first-order chi connectivity index (χ1) is 14.2. The molecule has 152 valence electrons. The van der Waals surface area contributed by atoms with Crippen molar-refractivity contribution in [2.75, 3.05) is 32.7 Å². The summed E-state index contributed by atoms with van der Waals surface area (Å²) >= 11 is 0. The van der Waals surface area contributed by atoms with E-state index < -0.39 is 0 Å². The Bertz CT molecular complexity index is 1140. The second-order valence-corrected chi connectivity index (χ2v) is 7.20. The molecule has 4 rings (SSSR count). The van der Waals surface area contributed by atoms with Gasteiger partial charge in [0, 0.05) is 34.7 Å². The van der Waals surface area contributed by atoms with Crippen LogP contribution in [0.1, 0.15) is 16.8 Å². The number of methoxy groups -OCH3 is 2. The fraction of sp³-hybridized carbons (Fsp3) is 0.304. The van der Waals surface area contributed by atoms with E-state index in [1.54, 1.807) is 14.2 Å². The van der Waals surface area contributed by atoms with Crippen LogP contribution in [0.2, 0.25) is 0 Å². The number of hydrogen-bond donors (Lipinski definition) is 3. The summed E-state index contributed by atoms with van der Waals surface area (Å²) in [5, 5.41) is 2.39. The molecule has 0 unspecified atom stereocenters. The average Bonchev–Trinajstić information content (AvgIpc) is 3.27. The number of ether oxygens (including phenoxy) is 2. The number of nitrogens with two attached hydrogens (primary N) is 1. The van der Waals surface area contributed by atoms with Gasteiger partial charge in [-0.15, -0.1) is 0 Å². The number of rotatable bonds is 8. The number of nitrogens with zero attached hydrogens (tertiary/aromatic N) is 1. The molecule has 0 spiro atoms. The molecule has 0 amide bonds. The Morgan fingerprint density at radius 2 is 1.72 bits per heavy atom. The molecule has 0 fully saturated rings. The Morgan fingerprint density at radius 1 is 1.00 bits per heavy atom. The largest absolute Gasteiger partial charge is 0.497 e. The molecule has 0 aliphatic carbocycles. The summed E-state index contributed by atoms with van der Waals surface area (Å²) in [6, 6.07) is 12.3. The van der Waals surface area contributed by atoms with Gasteiger partial charge in [0.05, 0.1) is 19.7 Å². The Kier molecular flexibility index (Phi) is 5.36. The summed E-state index contributed by atoms with van der Waals surface area (Å²) in [7, 11) is 3.39. The topological polar surface area (TPSA) is 77.2 Å². The first-order valence-electron chi connectivity index (χ1n) is 9.92. The van der Waals surface area contributed by atoms with E-state index in [2.05, 4.69) is 52.5 Å². The van der Waals surface area contributed by atoms with Gasteiger partial charge in [-0.2, -0.15) is 0 Å². The Labute approximate surface area is 170 Å². The van der Waals surface area contributed by atoms with Crippen LogP contribution in [0.15, 0.2) is 42.6 Å². The van der Waals surface area contributed by atoms with Gasteiger partial charge in [0.15, 0.2) is 0 Å². The van der Waals surface area contributed by atoms with Gasteiger partial charge in [0.1, 0.15) is 11.5 Å². The highest BCUT2D eigenvalue weighted by Crippen LogP contribution is 2.29. The van der Waals surface area contributed by atoms with E-state index in [1.807, 2.05) is 12.1 Å². The molecule has 6 nitrogen and oxygen atoms in total. The summed E-state index contributed by atoms with van der Waals surface area (Å²) in [5.74, 6) is 1.74. The Morgan fingerprint density at radius 3 is 2.45 bits per heavy atom. The van der Waals surface area contributed by atoms with Crippen molar-refractivity contribution in [2.24, 2.45) is 5.73 Å². The summed E-state index contributed by atoms with van der Waals surface area (Å²) < 4.78 is 13.0. The summed E-state index contributed by atoms with van der Waals surface area (Å²) in [6.45, 7) is 3.57. The third-order valence-corrected chi connectivity index (χ3v) is 5.58. The molecule has 0 bridgehead atoms. The predicted octanol–water partition coefficient (Wildman–Crippen LogP) is 3.74. The minimum absolute atomic E-state index is 0.619. The molecular formula is C23H28N4O2. The van der Waals surface area contributed by atoms with E-state index in [-0.39, 0.29) is 0 Å². The molecule has 4 N–H and O–H groups in total. The lowest BCUT2D eigenvalue weighted by Gasteiger charge is -2.12. The molecule has 2 aromatic carbocycles. The van der Waals surface area contributed by atoms with Gasteiger partial charge in [-0.25, -0.2) is 0 Å². The van der Waals surface area contributed by atoms with E-state index >= 15 is 0 Å². The van der Waals surface area contributed by atoms with Crippen molar-refractivity contribution in [1.29, 1.82) is 0 Å². The highest BCUT2D eigenvalue weighted by Gasteiger charge is 2.14. The van der Waals surface area contributed by atoms with Gasteiger partial charge in [0.2, 0.25) is 0 Å². The fourth-order valence-corrected chi connectivity index (χ4v) is 4.05. The summed E-state index contributed by atoms with van der Waals surface area (Å²) in [4.78, 5) is 3.34. The number of H-pyrrole nitrogens is 1. The van der Waals surface area contributed by atoms with Crippen molar-refractivity contribution < 1.29 is 9.47 Å². The molecule has 2 heterocycles. The molecule has 2 aromatic heterocycles. The van der Waals surface area contributed by atoms with Crippen molar-refractivity contribution in [3.63, 3.8) is 0 Å². The molecule has 0 atom stereocenters. The highest BCUT2D eigenvalue weighted by atomic mass is 16.5. The molecule has 0 aliphatic heterocycles. The summed E-state index contributed by atoms with van der Waals surface area (Å²) in [6.07, 6.45) is 3.82. The van der Waals surface area contributed by atoms with E-state index in [9.17, 15) is 0 Å². The average molecular weight is 393 g/mol. The lowest BCUT2D eigenvalue weighted by molar-refractivity contribution is 0.415. The van der Waals surface area contributed by atoms with Gasteiger partial charge in [-0.3, -0.25) is 4.68 Å². The third kappa shape index (κ3) is 3.51. The monoisotopic (exact) mass is 392 g/mol.